The van der Waals surface area contributed by atoms with Gasteiger partial charge < -0.3 is 15.7 Å². The number of amides is 1. The smallest absolute Gasteiger partial charge is 0.397 e. The van der Waals surface area contributed by atoms with Crippen molar-refractivity contribution in [2.45, 2.75) is 24.6 Å². The van der Waals surface area contributed by atoms with Crippen LogP contribution in [0, 0.1) is 0 Å². The number of anilines is 1. The number of alkyl halides is 3. The summed E-state index contributed by atoms with van der Waals surface area (Å²) >= 11 is 1.25. The zero-order valence-corrected chi connectivity index (χ0v) is 14.0. The molecule has 2 heterocycles. The van der Waals surface area contributed by atoms with Gasteiger partial charge in [0.05, 0.1) is 16.9 Å². The lowest BCUT2D eigenvalue weighted by Crippen LogP contribution is -2.45. The number of thiophene rings is 1. The highest BCUT2D eigenvalue weighted by Crippen LogP contribution is 2.37. The fourth-order valence-electron chi connectivity index (χ4n) is 2.99. The van der Waals surface area contributed by atoms with Crippen LogP contribution < -0.4 is 5.73 Å². The molecule has 3 rings (SSSR count). The highest BCUT2D eigenvalue weighted by Gasteiger charge is 2.38. The van der Waals surface area contributed by atoms with Crippen molar-refractivity contribution in [2.24, 2.45) is 0 Å². The first-order valence-electron chi connectivity index (χ1n) is 7.73. The van der Waals surface area contributed by atoms with Gasteiger partial charge >= 0.3 is 6.18 Å². The highest BCUT2D eigenvalue weighted by atomic mass is 32.1. The summed E-state index contributed by atoms with van der Waals surface area (Å²) in [5.74, 6) is -0.210. The van der Waals surface area contributed by atoms with Crippen LogP contribution in [0.3, 0.4) is 0 Å². The largest absolute Gasteiger partial charge is 0.416 e. The number of rotatable bonds is 2. The lowest BCUT2D eigenvalue weighted by molar-refractivity contribution is -0.137. The SMILES string of the molecule is Nc1ccsc1C(=O)N1CCC(O)(c2cccc(C(F)(F)F)c2)CC1. The number of aliphatic hydroxyl groups is 1. The maximum atomic E-state index is 12.9. The number of benzene rings is 1. The fraction of sp³-hybridized carbons (Fsp3) is 0.353. The summed E-state index contributed by atoms with van der Waals surface area (Å²) in [6.45, 7) is 0.506. The molecule has 0 radical (unpaired) electrons. The van der Waals surface area contributed by atoms with Crippen molar-refractivity contribution in [3.63, 3.8) is 0 Å². The Morgan fingerprint density at radius 1 is 1.24 bits per heavy atom. The molecule has 8 heteroatoms. The summed E-state index contributed by atoms with van der Waals surface area (Å²) < 4.78 is 38.6. The molecule has 1 aromatic heterocycles. The van der Waals surface area contributed by atoms with Gasteiger partial charge in [-0.1, -0.05) is 12.1 Å². The van der Waals surface area contributed by atoms with E-state index in [0.717, 1.165) is 12.1 Å². The van der Waals surface area contributed by atoms with Crippen molar-refractivity contribution in [2.75, 3.05) is 18.8 Å². The predicted molar refractivity (Wildman–Crippen MR) is 89.2 cm³/mol. The molecule has 1 aromatic carbocycles. The van der Waals surface area contributed by atoms with Crippen molar-refractivity contribution in [1.82, 2.24) is 4.90 Å². The Morgan fingerprint density at radius 3 is 2.48 bits per heavy atom. The van der Waals surface area contributed by atoms with E-state index in [1.165, 1.54) is 23.5 Å². The topological polar surface area (TPSA) is 66.6 Å². The molecular weight excluding hydrogens is 353 g/mol. The molecule has 0 atom stereocenters. The molecule has 4 nitrogen and oxygen atoms in total. The molecule has 3 N–H and O–H groups in total. The number of nitrogens with two attached hydrogens (primary N) is 1. The van der Waals surface area contributed by atoms with Gasteiger partial charge in [0, 0.05) is 13.1 Å². The van der Waals surface area contributed by atoms with E-state index in [-0.39, 0.29) is 37.4 Å². The molecule has 0 bridgehead atoms. The summed E-state index contributed by atoms with van der Waals surface area (Å²) in [6.07, 6.45) is -4.11. The predicted octanol–water partition coefficient (Wildman–Crippen LogP) is 3.47. The molecule has 1 amide bonds. The third-order valence-electron chi connectivity index (χ3n) is 4.49. The Kier molecular flexibility index (Phi) is 4.51. The number of piperidine rings is 1. The van der Waals surface area contributed by atoms with Crippen molar-refractivity contribution >= 4 is 22.9 Å². The van der Waals surface area contributed by atoms with Crippen molar-refractivity contribution in [1.29, 1.82) is 0 Å². The van der Waals surface area contributed by atoms with E-state index in [1.807, 2.05) is 0 Å². The number of hydrogen-bond acceptors (Lipinski definition) is 4. The van der Waals surface area contributed by atoms with Gasteiger partial charge in [-0.3, -0.25) is 4.79 Å². The molecule has 1 saturated heterocycles. The van der Waals surface area contributed by atoms with Gasteiger partial charge in [-0.05, 0) is 42.0 Å². The Morgan fingerprint density at radius 2 is 1.92 bits per heavy atom. The number of carbonyl (C=O) groups is 1. The maximum Gasteiger partial charge on any atom is 0.416 e. The van der Waals surface area contributed by atoms with E-state index in [9.17, 15) is 23.1 Å². The first-order chi connectivity index (χ1) is 11.7. The van der Waals surface area contributed by atoms with Crippen LogP contribution in [0.25, 0.3) is 0 Å². The van der Waals surface area contributed by atoms with Crippen LogP contribution >= 0.6 is 11.3 Å². The normalized spacial score (nSPS) is 17.5. The van der Waals surface area contributed by atoms with Crippen molar-refractivity contribution in [3.05, 3.63) is 51.7 Å². The lowest BCUT2D eigenvalue weighted by Gasteiger charge is -2.38. The lowest BCUT2D eigenvalue weighted by atomic mass is 9.83. The number of carbonyl (C=O) groups excluding carboxylic acids is 1. The minimum Gasteiger partial charge on any atom is -0.397 e. The summed E-state index contributed by atoms with van der Waals surface area (Å²) in [4.78, 5) is 14.5. The average Bonchev–Trinajstić information content (AvgIpc) is 3.00. The second kappa shape index (κ2) is 6.34. The minimum absolute atomic E-state index is 0.172. The summed E-state index contributed by atoms with van der Waals surface area (Å²) in [5.41, 5.74) is 4.23. The van der Waals surface area contributed by atoms with Gasteiger partial charge in [0.1, 0.15) is 4.88 Å². The van der Waals surface area contributed by atoms with Gasteiger partial charge in [-0.2, -0.15) is 13.2 Å². The molecule has 25 heavy (non-hydrogen) atoms. The van der Waals surface area contributed by atoms with Crippen LogP contribution in [0.15, 0.2) is 35.7 Å². The molecule has 1 fully saturated rings. The standard InChI is InChI=1S/C17H17F3N2O2S/c18-17(19,20)12-3-1-2-11(10-12)16(24)5-7-22(8-6-16)15(23)14-13(21)4-9-25-14/h1-4,9-10,24H,5-8,21H2. The second-order valence-electron chi connectivity index (χ2n) is 6.11. The van der Waals surface area contributed by atoms with Crippen LogP contribution in [-0.4, -0.2) is 29.0 Å². The van der Waals surface area contributed by atoms with Gasteiger partial charge in [0.25, 0.3) is 5.91 Å². The van der Waals surface area contributed by atoms with Crippen LogP contribution in [0.4, 0.5) is 18.9 Å². The highest BCUT2D eigenvalue weighted by molar-refractivity contribution is 7.12. The minimum atomic E-state index is -4.46. The van der Waals surface area contributed by atoms with Gasteiger partial charge in [-0.25, -0.2) is 0 Å². The van der Waals surface area contributed by atoms with Crippen LogP contribution in [0.1, 0.15) is 33.6 Å². The maximum absolute atomic E-state index is 12.9. The third kappa shape index (κ3) is 3.50. The molecule has 1 aliphatic heterocycles. The Bertz CT molecular complexity index is 780. The van der Waals surface area contributed by atoms with E-state index in [4.69, 9.17) is 5.73 Å². The van der Waals surface area contributed by atoms with Crippen LogP contribution in [0.2, 0.25) is 0 Å². The average molecular weight is 370 g/mol. The molecular formula is C17H17F3N2O2S. The van der Waals surface area contributed by atoms with Gasteiger partial charge in [0.2, 0.25) is 0 Å². The number of hydrogen-bond donors (Lipinski definition) is 2. The van der Waals surface area contributed by atoms with Crippen molar-refractivity contribution < 1.29 is 23.1 Å². The second-order valence-corrected chi connectivity index (χ2v) is 7.02. The monoisotopic (exact) mass is 370 g/mol. The molecule has 0 unspecified atom stereocenters. The zero-order chi connectivity index (χ0) is 18.2. The Balaban J connectivity index is 1.75. The molecule has 1 aliphatic rings. The molecule has 134 valence electrons. The third-order valence-corrected chi connectivity index (χ3v) is 5.41. The van der Waals surface area contributed by atoms with Crippen molar-refractivity contribution in [3.8, 4) is 0 Å². The number of nitrogens with zero attached hydrogens (tertiary/aromatic N) is 1. The first kappa shape index (κ1) is 17.8. The molecule has 0 saturated carbocycles. The Hall–Kier alpha value is -2.06. The van der Waals surface area contributed by atoms with Gasteiger partial charge in [-0.15, -0.1) is 11.3 Å². The van der Waals surface area contributed by atoms with Crippen LogP contribution in [0.5, 0.6) is 0 Å². The van der Waals surface area contributed by atoms with Crippen LogP contribution in [-0.2, 0) is 11.8 Å². The number of halogens is 3. The first-order valence-corrected chi connectivity index (χ1v) is 8.61. The summed E-state index contributed by atoms with van der Waals surface area (Å²) in [6, 6.07) is 6.39. The van der Waals surface area contributed by atoms with E-state index in [2.05, 4.69) is 0 Å². The summed E-state index contributed by atoms with van der Waals surface area (Å²) in [5, 5.41) is 12.5. The Labute approximate surface area is 146 Å². The molecule has 0 spiro atoms. The summed E-state index contributed by atoms with van der Waals surface area (Å²) in [7, 11) is 0. The number of nitrogen functional groups attached to an aromatic ring is 1. The quantitative estimate of drug-likeness (QED) is 0.851. The van der Waals surface area contributed by atoms with E-state index >= 15 is 0 Å². The fourth-order valence-corrected chi connectivity index (χ4v) is 3.77. The van der Waals surface area contributed by atoms with Gasteiger partial charge in [0.15, 0.2) is 0 Å². The molecule has 2 aromatic rings. The van der Waals surface area contributed by atoms with E-state index < -0.39 is 17.3 Å². The zero-order valence-electron chi connectivity index (χ0n) is 13.2. The van der Waals surface area contributed by atoms with E-state index in [1.54, 1.807) is 16.3 Å². The molecule has 0 aliphatic carbocycles. The number of likely N-dealkylation sites (tertiary alicyclic amines) is 1. The van der Waals surface area contributed by atoms with E-state index in [0.29, 0.717) is 10.6 Å².